The van der Waals surface area contributed by atoms with Crippen molar-refractivity contribution in [2.75, 3.05) is 43.5 Å². The third kappa shape index (κ3) is 4.02. The molecule has 0 saturated carbocycles. The van der Waals surface area contributed by atoms with E-state index in [0.717, 1.165) is 42.8 Å². The van der Waals surface area contributed by atoms with Gasteiger partial charge in [0.25, 0.3) is 5.91 Å². The van der Waals surface area contributed by atoms with Crippen LogP contribution in [-0.4, -0.2) is 54.0 Å². The molecule has 3 aromatic rings. The predicted molar refractivity (Wildman–Crippen MR) is 112 cm³/mol. The fourth-order valence-corrected chi connectivity index (χ4v) is 3.28. The van der Waals surface area contributed by atoms with Crippen LogP contribution in [-0.2, 0) is 7.05 Å². The van der Waals surface area contributed by atoms with Crippen LogP contribution >= 0.6 is 12.4 Å². The normalized spacial score (nSPS) is 13.9. The second-order valence-electron chi connectivity index (χ2n) is 6.51. The average molecular weight is 403 g/mol. The van der Waals surface area contributed by atoms with E-state index in [1.165, 1.54) is 0 Å². The Bertz CT molecular complexity index is 966. The number of fused-ring (bicyclic) bond motifs is 1. The number of anilines is 2. The van der Waals surface area contributed by atoms with Gasteiger partial charge in [0, 0.05) is 50.9 Å². The smallest absolute Gasteiger partial charge is 0.260 e. The zero-order valence-electron chi connectivity index (χ0n) is 15.8. The van der Waals surface area contributed by atoms with Crippen molar-refractivity contribution in [1.29, 1.82) is 0 Å². The number of piperazine rings is 1. The summed E-state index contributed by atoms with van der Waals surface area (Å²) in [6.07, 6.45) is 3.66. The molecule has 1 aromatic carbocycles. The highest BCUT2D eigenvalue weighted by Crippen LogP contribution is 2.26. The number of carbonyl (C=O) groups excluding carboxylic acids is 1. The monoisotopic (exact) mass is 402 g/mol. The number of nitrogens with zero attached hydrogens (tertiary/aromatic N) is 4. The van der Waals surface area contributed by atoms with Gasteiger partial charge in [-0.1, -0.05) is 0 Å². The molecule has 1 aliphatic heterocycles. The Balaban J connectivity index is 0.00000225. The highest BCUT2D eigenvalue weighted by atomic mass is 35.5. The maximum absolute atomic E-state index is 12.8. The first-order valence-electron chi connectivity index (χ1n) is 8.88. The number of rotatable bonds is 4. The van der Waals surface area contributed by atoms with Crippen LogP contribution in [0, 0.1) is 0 Å². The number of halogens is 1. The highest BCUT2D eigenvalue weighted by molar-refractivity contribution is 6.08. The Morgan fingerprint density at radius 3 is 2.71 bits per heavy atom. The quantitative estimate of drug-likeness (QED) is 0.695. The minimum absolute atomic E-state index is 0. The molecule has 0 spiro atoms. The number of carbonyl (C=O) groups is 1. The molecule has 1 amide bonds. The number of methoxy groups -OCH3 is 1. The van der Waals surface area contributed by atoms with Gasteiger partial charge in [-0.3, -0.25) is 9.48 Å². The van der Waals surface area contributed by atoms with Gasteiger partial charge in [0.2, 0.25) is 0 Å². The molecule has 0 unspecified atom stereocenters. The van der Waals surface area contributed by atoms with Crippen molar-refractivity contribution >= 4 is 40.7 Å². The standard InChI is InChI=1S/C19H22N6O2.ClH/c1-24-12-13-9-15(17(27-2)10-16(13)23-24)19(26)22-18-4-3-14(11-21-18)25-7-5-20-6-8-25;/h3-4,9-12,20H,5-8H2,1-2H3,(H,21,22,26);1H. The fourth-order valence-electron chi connectivity index (χ4n) is 3.28. The first-order valence-corrected chi connectivity index (χ1v) is 8.88. The number of aromatic nitrogens is 3. The molecule has 28 heavy (non-hydrogen) atoms. The van der Waals surface area contributed by atoms with Gasteiger partial charge in [-0.2, -0.15) is 5.10 Å². The molecule has 0 radical (unpaired) electrons. The van der Waals surface area contributed by atoms with E-state index in [-0.39, 0.29) is 18.3 Å². The maximum Gasteiger partial charge on any atom is 0.260 e. The third-order valence-electron chi connectivity index (χ3n) is 4.66. The molecule has 0 bridgehead atoms. The number of pyridine rings is 1. The van der Waals surface area contributed by atoms with Crippen molar-refractivity contribution in [2.45, 2.75) is 0 Å². The Hall–Kier alpha value is -2.84. The van der Waals surface area contributed by atoms with E-state index in [2.05, 4.69) is 25.6 Å². The number of aryl methyl sites for hydroxylation is 1. The summed E-state index contributed by atoms with van der Waals surface area (Å²) in [5, 5.41) is 11.4. The molecular formula is C19H23ClN6O2. The van der Waals surface area contributed by atoms with E-state index < -0.39 is 0 Å². The first-order chi connectivity index (χ1) is 13.1. The fraction of sp³-hybridized carbons (Fsp3) is 0.316. The summed E-state index contributed by atoms with van der Waals surface area (Å²) < 4.78 is 7.09. The summed E-state index contributed by atoms with van der Waals surface area (Å²) in [5.74, 6) is 0.725. The first kappa shape index (κ1) is 19.9. The average Bonchev–Trinajstić information content (AvgIpc) is 3.07. The van der Waals surface area contributed by atoms with Crippen molar-refractivity contribution in [1.82, 2.24) is 20.1 Å². The molecule has 0 aliphatic carbocycles. The molecule has 2 N–H and O–H groups in total. The van der Waals surface area contributed by atoms with Gasteiger partial charge in [-0.25, -0.2) is 4.98 Å². The largest absolute Gasteiger partial charge is 0.496 e. The van der Waals surface area contributed by atoms with E-state index in [4.69, 9.17) is 4.74 Å². The number of amides is 1. The lowest BCUT2D eigenvalue weighted by Gasteiger charge is -2.29. The number of hydrogen-bond acceptors (Lipinski definition) is 6. The van der Waals surface area contributed by atoms with Crippen LogP contribution in [0.4, 0.5) is 11.5 Å². The number of nitrogens with one attached hydrogen (secondary N) is 2. The van der Waals surface area contributed by atoms with Crippen LogP contribution in [0.25, 0.3) is 10.9 Å². The summed E-state index contributed by atoms with van der Waals surface area (Å²) in [6.45, 7) is 3.84. The van der Waals surface area contributed by atoms with E-state index in [1.54, 1.807) is 30.1 Å². The second kappa shape index (κ2) is 8.45. The van der Waals surface area contributed by atoms with E-state index >= 15 is 0 Å². The molecule has 2 aromatic heterocycles. The molecular weight excluding hydrogens is 380 g/mol. The lowest BCUT2D eigenvalue weighted by Crippen LogP contribution is -2.43. The second-order valence-corrected chi connectivity index (χ2v) is 6.51. The van der Waals surface area contributed by atoms with Crippen LogP contribution < -0.4 is 20.3 Å². The van der Waals surface area contributed by atoms with Gasteiger partial charge in [-0.05, 0) is 18.2 Å². The Labute approximate surface area is 169 Å². The van der Waals surface area contributed by atoms with E-state index in [1.807, 2.05) is 25.4 Å². The lowest BCUT2D eigenvalue weighted by molar-refractivity contribution is 0.102. The molecule has 1 saturated heterocycles. The van der Waals surface area contributed by atoms with Crippen molar-refractivity contribution in [3.63, 3.8) is 0 Å². The molecule has 8 nitrogen and oxygen atoms in total. The third-order valence-corrected chi connectivity index (χ3v) is 4.66. The summed E-state index contributed by atoms with van der Waals surface area (Å²) in [6, 6.07) is 7.36. The molecule has 1 fully saturated rings. The predicted octanol–water partition coefficient (Wildman–Crippen LogP) is 2.06. The van der Waals surface area contributed by atoms with Crippen LogP contribution in [0.3, 0.4) is 0 Å². The van der Waals surface area contributed by atoms with Crippen LogP contribution in [0.1, 0.15) is 10.4 Å². The van der Waals surface area contributed by atoms with Crippen molar-refractivity contribution in [3.05, 3.63) is 42.2 Å². The Kier molecular flexibility index (Phi) is 6.01. The van der Waals surface area contributed by atoms with Crippen LogP contribution in [0.15, 0.2) is 36.7 Å². The molecule has 148 valence electrons. The topological polar surface area (TPSA) is 84.3 Å². The number of ether oxygens (including phenoxy) is 1. The maximum atomic E-state index is 12.8. The molecule has 4 rings (SSSR count). The van der Waals surface area contributed by atoms with Gasteiger partial charge in [0.15, 0.2) is 0 Å². The minimum atomic E-state index is -0.264. The highest BCUT2D eigenvalue weighted by Gasteiger charge is 2.16. The Morgan fingerprint density at radius 1 is 1.25 bits per heavy atom. The molecule has 9 heteroatoms. The molecule has 0 atom stereocenters. The number of benzene rings is 1. The summed E-state index contributed by atoms with van der Waals surface area (Å²) in [7, 11) is 3.39. The van der Waals surface area contributed by atoms with E-state index in [0.29, 0.717) is 17.1 Å². The zero-order chi connectivity index (χ0) is 18.8. The SMILES string of the molecule is COc1cc2nn(C)cc2cc1C(=O)Nc1ccc(N2CCNCC2)cn1.Cl. The molecule has 1 aliphatic rings. The van der Waals surface area contributed by atoms with Gasteiger partial charge in [0.05, 0.1) is 30.1 Å². The van der Waals surface area contributed by atoms with Gasteiger partial charge in [0.1, 0.15) is 11.6 Å². The van der Waals surface area contributed by atoms with Gasteiger partial charge < -0.3 is 20.3 Å². The summed E-state index contributed by atoms with van der Waals surface area (Å²) in [4.78, 5) is 19.4. The van der Waals surface area contributed by atoms with E-state index in [9.17, 15) is 4.79 Å². The number of hydrogen-bond donors (Lipinski definition) is 2. The lowest BCUT2D eigenvalue weighted by atomic mass is 10.1. The minimum Gasteiger partial charge on any atom is -0.496 e. The van der Waals surface area contributed by atoms with Gasteiger partial charge >= 0.3 is 0 Å². The van der Waals surface area contributed by atoms with Crippen LogP contribution in [0.2, 0.25) is 0 Å². The van der Waals surface area contributed by atoms with Crippen molar-refractivity contribution < 1.29 is 9.53 Å². The molecule has 3 heterocycles. The van der Waals surface area contributed by atoms with Crippen LogP contribution in [0.5, 0.6) is 5.75 Å². The zero-order valence-corrected chi connectivity index (χ0v) is 16.6. The van der Waals surface area contributed by atoms with Gasteiger partial charge in [-0.15, -0.1) is 12.4 Å². The summed E-state index contributed by atoms with van der Waals surface area (Å²) >= 11 is 0. The summed E-state index contributed by atoms with van der Waals surface area (Å²) in [5.41, 5.74) is 2.29. The van der Waals surface area contributed by atoms with Crippen molar-refractivity contribution in [2.24, 2.45) is 7.05 Å². The Morgan fingerprint density at radius 2 is 2.04 bits per heavy atom. The van der Waals surface area contributed by atoms with Crippen molar-refractivity contribution in [3.8, 4) is 5.75 Å².